The average molecular weight is 394 g/mol. The summed E-state index contributed by atoms with van der Waals surface area (Å²) >= 11 is 0. The standard InChI is InChI=1S/C24H31N3O2/c1-16(2)23(24(29)27-12-11-20-9-10-21(15-27)25-20)26-22(28)14-17-7-8-18-5-3-4-6-19(18)13-17/h3-8,13,16,20-21,23,25H,9-12,14-15H2,1-2H3,(H,26,28). The predicted octanol–water partition coefficient (Wildman–Crippen LogP) is 2.88. The van der Waals surface area contributed by atoms with Gasteiger partial charge in [0.1, 0.15) is 6.04 Å². The number of fused-ring (bicyclic) bond motifs is 3. The first-order valence-corrected chi connectivity index (χ1v) is 10.8. The first-order chi connectivity index (χ1) is 14.0. The van der Waals surface area contributed by atoms with Crippen LogP contribution >= 0.6 is 0 Å². The maximum Gasteiger partial charge on any atom is 0.245 e. The molecule has 0 saturated carbocycles. The lowest BCUT2D eigenvalue weighted by Crippen LogP contribution is -2.53. The molecule has 2 aliphatic heterocycles. The van der Waals surface area contributed by atoms with Gasteiger partial charge in [0.2, 0.25) is 11.8 Å². The molecule has 2 amide bonds. The van der Waals surface area contributed by atoms with Crippen LogP contribution in [-0.4, -0.2) is 47.9 Å². The summed E-state index contributed by atoms with van der Waals surface area (Å²) < 4.78 is 0. The predicted molar refractivity (Wildman–Crippen MR) is 116 cm³/mol. The van der Waals surface area contributed by atoms with Crippen LogP contribution in [0.5, 0.6) is 0 Å². The smallest absolute Gasteiger partial charge is 0.245 e. The minimum absolute atomic E-state index is 0.0523. The summed E-state index contributed by atoms with van der Waals surface area (Å²) in [7, 11) is 0. The number of hydrogen-bond acceptors (Lipinski definition) is 3. The van der Waals surface area contributed by atoms with Gasteiger partial charge in [0.05, 0.1) is 6.42 Å². The lowest BCUT2D eigenvalue weighted by atomic mass is 10.00. The lowest BCUT2D eigenvalue weighted by molar-refractivity contribution is -0.137. The van der Waals surface area contributed by atoms with Crippen LogP contribution in [0.15, 0.2) is 42.5 Å². The van der Waals surface area contributed by atoms with Crippen LogP contribution in [-0.2, 0) is 16.0 Å². The third kappa shape index (κ3) is 4.61. The van der Waals surface area contributed by atoms with E-state index in [1.54, 1.807) is 0 Å². The molecule has 5 nitrogen and oxygen atoms in total. The summed E-state index contributed by atoms with van der Waals surface area (Å²) in [5.41, 5.74) is 0.965. The summed E-state index contributed by atoms with van der Waals surface area (Å²) in [4.78, 5) is 27.9. The fourth-order valence-electron chi connectivity index (χ4n) is 4.61. The van der Waals surface area contributed by atoms with Crippen molar-refractivity contribution in [1.82, 2.24) is 15.5 Å². The van der Waals surface area contributed by atoms with Crippen LogP contribution in [0, 0.1) is 5.92 Å². The lowest BCUT2D eigenvalue weighted by Gasteiger charge is -2.31. The number of rotatable bonds is 5. The largest absolute Gasteiger partial charge is 0.344 e. The van der Waals surface area contributed by atoms with Crippen molar-refractivity contribution in [2.75, 3.05) is 13.1 Å². The molecule has 5 heteroatoms. The third-order valence-corrected chi connectivity index (χ3v) is 6.26. The van der Waals surface area contributed by atoms with E-state index in [9.17, 15) is 9.59 Å². The number of likely N-dealkylation sites (tertiary alicyclic amines) is 1. The van der Waals surface area contributed by atoms with Crippen molar-refractivity contribution < 1.29 is 9.59 Å². The molecule has 2 N–H and O–H groups in total. The van der Waals surface area contributed by atoms with Gasteiger partial charge in [-0.2, -0.15) is 0 Å². The van der Waals surface area contributed by atoms with Crippen molar-refractivity contribution in [3.8, 4) is 0 Å². The molecule has 0 aromatic heterocycles. The maximum absolute atomic E-state index is 13.2. The Morgan fingerprint density at radius 1 is 1.07 bits per heavy atom. The van der Waals surface area contributed by atoms with Crippen molar-refractivity contribution in [2.45, 2.75) is 57.7 Å². The quantitative estimate of drug-likeness (QED) is 0.821. The first-order valence-electron chi connectivity index (χ1n) is 10.8. The van der Waals surface area contributed by atoms with Crippen LogP contribution in [0.1, 0.15) is 38.7 Å². The molecular formula is C24H31N3O2. The molecule has 2 bridgehead atoms. The second-order valence-electron chi connectivity index (χ2n) is 8.86. The van der Waals surface area contributed by atoms with Crippen LogP contribution in [0.2, 0.25) is 0 Å². The number of benzene rings is 2. The van der Waals surface area contributed by atoms with E-state index in [0.717, 1.165) is 42.3 Å². The molecule has 2 saturated heterocycles. The number of carbonyl (C=O) groups is 2. The molecule has 29 heavy (non-hydrogen) atoms. The Hall–Kier alpha value is -2.40. The fraction of sp³-hybridized carbons (Fsp3) is 0.500. The van der Waals surface area contributed by atoms with E-state index in [-0.39, 0.29) is 24.2 Å². The van der Waals surface area contributed by atoms with Gasteiger partial charge in [0.25, 0.3) is 0 Å². The average Bonchev–Trinajstić information content (AvgIpc) is 3.04. The van der Waals surface area contributed by atoms with Gasteiger partial charge in [-0.15, -0.1) is 0 Å². The van der Waals surface area contributed by atoms with E-state index < -0.39 is 6.04 Å². The second kappa shape index (κ2) is 8.54. The Morgan fingerprint density at radius 3 is 2.62 bits per heavy atom. The Labute approximate surface area is 172 Å². The van der Waals surface area contributed by atoms with Gasteiger partial charge in [-0.05, 0) is 41.5 Å². The van der Waals surface area contributed by atoms with E-state index in [4.69, 9.17) is 0 Å². The van der Waals surface area contributed by atoms with E-state index in [1.165, 1.54) is 6.42 Å². The molecule has 0 aliphatic carbocycles. The van der Waals surface area contributed by atoms with Gasteiger partial charge in [0, 0.05) is 25.2 Å². The summed E-state index contributed by atoms with van der Waals surface area (Å²) in [6.07, 6.45) is 3.63. The first kappa shape index (κ1) is 19.9. The molecule has 3 atom stereocenters. The topological polar surface area (TPSA) is 61.4 Å². The normalized spacial score (nSPS) is 22.5. The molecule has 0 radical (unpaired) electrons. The number of nitrogens with zero attached hydrogens (tertiary/aromatic N) is 1. The highest BCUT2D eigenvalue weighted by atomic mass is 16.2. The van der Waals surface area contributed by atoms with Crippen molar-refractivity contribution in [3.05, 3.63) is 48.0 Å². The van der Waals surface area contributed by atoms with Crippen LogP contribution in [0.25, 0.3) is 10.8 Å². The highest BCUT2D eigenvalue weighted by molar-refractivity contribution is 5.90. The molecule has 0 spiro atoms. The molecule has 2 aliphatic rings. The van der Waals surface area contributed by atoms with Gasteiger partial charge >= 0.3 is 0 Å². The summed E-state index contributed by atoms with van der Waals surface area (Å²) in [5, 5.41) is 8.93. The molecule has 3 unspecified atom stereocenters. The van der Waals surface area contributed by atoms with Gasteiger partial charge < -0.3 is 15.5 Å². The molecule has 154 valence electrons. The third-order valence-electron chi connectivity index (χ3n) is 6.26. The molecule has 2 fully saturated rings. The van der Waals surface area contributed by atoms with Gasteiger partial charge in [-0.25, -0.2) is 0 Å². The highest BCUT2D eigenvalue weighted by Gasteiger charge is 2.35. The van der Waals surface area contributed by atoms with Gasteiger partial charge in [-0.1, -0.05) is 56.3 Å². The molecule has 2 aromatic carbocycles. The molecule has 2 aromatic rings. The highest BCUT2D eigenvalue weighted by Crippen LogP contribution is 2.22. The van der Waals surface area contributed by atoms with E-state index >= 15 is 0 Å². The summed E-state index contributed by atoms with van der Waals surface area (Å²) in [6.45, 7) is 5.53. The minimum Gasteiger partial charge on any atom is -0.344 e. The summed E-state index contributed by atoms with van der Waals surface area (Å²) in [6, 6.07) is 14.7. The number of nitrogens with one attached hydrogen (secondary N) is 2. The molecule has 2 heterocycles. The van der Waals surface area contributed by atoms with Gasteiger partial charge in [-0.3, -0.25) is 9.59 Å². The van der Waals surface area contributed by atoms with Crippen molar-refractivity contribution >= 4 is 22.6 Å². The zero-order valence-electron chi connectivity index (χ0n) is 17.4. The Balaban J connectivity index is 1.41. The Bertz CT molecular complexity index is 895. The van der Waals surface area contributed by atoms with E-state index in [2.05, 4.69) is 28.8 Å². The van der Waals surface area contributed by atoms with Gasteiger partial charge in [0.15, 0.2) is 0 Å². The SMILES string of the molecule is CC(C)C(NC(=O)Cc1ccc2ccccc2c1)C(=O)N1CCC2CCC(C1)N2. The fourth-order valence-corrected chi connectivity index (χ4v) is 4.61. The summed E-state index contributed by atoms with van der Waals surface area (Å²) in [5.74, 6) is 0.0134. The zero-order chi connectivity index (χ0) is 20.4. The van der Waals surface area contributed by atoms with Crippen LogP contribution in [0.3, 0.4) is 0 Å². The van der Waals surface area contributed by atoms with Crippen LogP contribution in [0.4, 0.5) is 0 Å². The number of carbonyl (C=O) groups excluding carboxylic acids is 2. The van der Waals surface area contributed by atoms with Crippen molar-refractivity contribution in [1.29, 1.82) is 0 Å². The Morgan fingerprint density at radius 2 is 1.83 bits per heavy atom. The van der Waals surface area contributed by atoms with Crippen LogP contribution < -0.4 is 10.6 Å². The van der Waals surface area contributed by atoms with E-state index in [1.807, 2.05) is 43.0 Å². The number of hydrogen-bond donors (Lipinski definition) is 2. The minimum atomic E-state index is -0.473. The second-order valence-corrected chi connectivity index (χ2v) is 8.86. The molecule has 4 rings (SSSR count). The maximum atomic E-state index is 13.2. The zero-order valence-corrected chi connectivity index (χ0v) is 17.4. The Kier molecular flexibility index (Phi) is 5.86. The monoisotopic (exact) mass is 393 g/mol. The number of amides is 2. The molecular weight excluding hydrogens is 362 g/mol. The van der Waals surface area contributed by atoms with Crippen molar-refractivity contribution in [3.63, 3.8) is 0 Å². The van der Waals surface area contributed by atoms with Crippen molar-refractivity contribution in [2.24, 2.45) is 5.92 Å². The van der Waals surface area contributed by atoms with E-state index in [0.29, 0.717) is 12.1 Å².